The van der Waals surface area contributed by atoms with Gasteiger partial charge in [-0.05, 0) is 48.0 Å². The average molecular weight is 478 g/mol. The van der Waals surface area contributed by atoms with Crippen molar-refractivity contribution in [2.24, 2.45) is 0 Å². The van der Waals surface area contributed by atoms with Crippen molar-refractivity contribution in [1.82, 2.24) is 19.7 Å². The van der Waals surface area contributed by atoms with E-state index in [1.54, 1.807) is 55.8 Å². The zero-order chi connectivity index (χ0) is 25.2. The Bertz CT molecular complexity index is 1540. The van der Waals surface area contributed by atoms with E-state index in [9.17, 15) is 19.6 Å². The Kier molecular flexibility index (Phi) is 5.72. The highest BCUT2D eigenvalue weighted by atomic mass is 16.5. The monoisotopic (exact) mass is 478 g/mol. The van der Waals surface area contributed by atoms with Crippen LogP contribution in [0, 0.1) is 11.3 Å². The Balaban J connectivity index is 1.39. The van der Waals surface area contributed by atoms with E-state index in [2.05, 4.69) is 15.4 Å². The number of carbonyl (C=O) groups excluding carboxylic acids is 3. The Morgan fingerprint density at radius 2 is 1.83 bits per heavy atom. The van der Waals surface area contributed by atoms with Crippen LogP contribution in [0.4, 0.5) is 5.82 Å². The van der Waals surface area contributed by atoms with Gasteiger partial charge in [-0.25, -0.2) is 4.98 Å². The highest BCUT2D eigenvalue weighted by molar-refractivity contribution is 6.22. The van der Waals surface area contributed by atoms with Gasteiger partial charge in [0.2, 0.25) is 0 Å². The molecule has 1 aliphatic heterocycles. The van der Waals surface area contributed by atoms with Gasteiger partial charge < -0.3 is 10.1 Å². The van der Waals surface area contributed by atoms with E-state index in [1.807, 2.05) is 6.07 Å². The summed E-state index contributed by atoms with van der Waals surface area (Å²) in [5.74, 6) is -0.264. The summed E-state index contributed by atoms with van der Waals surface area (Å²) in [5, 5.41) is 16.3. The second-order valence-electron chi connectivity index (χ2n) is 7.88. The van der Waals surface area contributed by atoms with Crippen LogP contribution in [0.3, 0.4) is 0 Å². The van der Waals surface area contributed by atoms with E-state index < -0.39 is 17.7 Å². The van der Waals surface area contributed by atoms with Gasteiger partial charge in [-0.1, -0.05) is 18.2 Å². The molecule has 0 unspecified atom stereocenters. The van der Waals surface area contributed by atoms with E-state index >= 15 is 0 Å². The molecule has 4 aromatic rings. The molecule has 10 heteroatoms. The van der Waals surface area contributed by atoms with Gasteiger partial charge in [0.15, 0.2) is 11.6 Å². The number of methoxy groups -OCH3 is 1. The Morgan fingerprint density at radius 1 is 1.06 bits per heavy atom. The number of hydrogen-bond acceptors (Lipinski definition) is 7. The third kappa shape index (κ3) is 3.95. The van der Waals surface area contributed by atoms with Crippen LogP contribution in [-0.4, -0.2) is 44.5 Å². The number of pyridine rings is 1. The molecule has 0 radical (unpaired) electrons. The number of fused-ring (bicyclic) bond motifs is 1. The molecule has 36 heavy (non-hydrogen) atoms. The summed E-state index contributed by atoms with van der Waals surface area (Å²) in [7, 11) is 1.56. The van der Waals surface area contributed by atoms with Crippen molar-refractivity contribution < 1.29 is 19.1 Å². The summed E-state index contributed by atoms with van der Waals surface area (Å²) in [4.78, 5) is 44.3. The summed E-state index contributed by atoms with van der Waals surface area (Å²) in [5.41, 5.74) is 1.42. The smallest absolute Gasteiger partial charge is 0.261 e. The van der Waals surface area contributed by atoms with Gasteiger partial charge in [0.25, 0.3) is 17.7 Å². The number of rotatable bonds is 6. The maximum Gasteiger partial charge on any atom is 0.261 e. The van der Waals surface area contributed by atoms with Crippen LogP contribution >= 0.6 is 0 Å². The largest absolute Gasteiger partial charge is 0.497 e. The van der Waals surface area contributed by atoms with Gasteiger partial charge in [0.05, 0.1) is 31.0 Å². The molecule has 5 rings (SSSR count). The van der Waals surface area contributed by atoms with Crippen molar-refractivity contribution in [3.63, 3.8) is 0 Å². The summed E-state index contributed by atoms with van der Waals surface area (Å²) in [6, 6.07) is 18.5. The zero-order valence-electron chi connectivity index (χ0n) is 19.0. The number of carbonyl (C=O) groups is 3. The second-order valence-corrected chi connectivity index (χ2v) is 7.88. The first-order valence-corrected chi connectivity index (χ1v) is 10.8. The van der Waals surface area contributed by atoms with Crippen LogP contribution in [0.1, 0.15) is 42.2 Å². The summed E-state index contributed by atoms with van der Waals surface area (Å²) < 4.78 is 6.48. The normalized spacial score (nSPS) is 12.3. The first-order chi connectivity index (χ1) is 17.5. The number of nitrogens with one attached hydrogen (secondary N) is 1. The van der Waals surface area contributed by atoms with E-state index in [4.69, 9.17) is 4.74 Å². The molecule has 10 nitrogen and oxygen atoms in total. The molecule has 0 saturated carbocycles. The molecule has 0 saturated heterocycles. The number of aromatic nitrogens is 3. The highest BCUT2D eigenvalue weighted by Crippen LogP contribution is 2.27. The first kappa shape index (κ1) is 22.5. The molecule has 0 fully saturated rings. The molecule has 2 aromatic carbocycles. The van der Waals surface area contributed by atoms with Gasteiger partial charge in [0.1, 0.15) is 17.4 Å². The number of imide groups is 1. The average Bonchev–Trinajstić information content (AvgIpc) is 3.43. The molecule has 0 spiro atoms. The fraction of sp³-hybridized carbons (Fsp3) is 0.0769. The number of anilines is 1. The fourth-order valence-corrected chi connectivity index (χ4v) is 3.87. The lowest BCUT2D eigenvalue weighted by molar-refractivity contribution is 0.0642. The van der Waals surface area contributed by atoms with Crippen molar-refractivity contribution in [2.45, 2.75) is 6.54 Å². The second kappa shape index (κ2) is 9.15. The molecule has 0 bridgehead atoms. The molecule has 176 valence electrons. The van der Waals surface area contributed by atoms with Crippen LogP contribution in [0.25, 0.3) is 5.82 Å². The number of hydrogen-bond donors (Lipinski definition) is 1. The van der Waals surface area contributed by atoms with Gasteiger partial charge in [-0.3, -0.25) is 19.3 Å². The first-order valence-electron chi connectivity index (χ1n) is 10.8. The van der Waals surface area contributed by atoms with Gasteiger partial charge in [-0.15, -0.1) is 0 Å². The molecular formula is C26H18N6O4. The lowest BCUT2D eigenvalue weighted by Gasteiger charge is -2.14. The number of ether oxygens (including phenoxy) is 1. The summed E-state index contributed by atoms with van der Waals surface area (Å²) in [6.45, 7) is 0.0899. The zero-order valence-corrected chi connectivity index (χ0v) is 19.0. The number of amides is 3. The van der Waals surface area contributed by atoms with Crippen molar-refractivity contribution >= 4 is 23.5 Å². The molecule has 3 amide bonds. The quantitative estimate of drug-likeness (QED) is 0.421. The SMILES string of the molecule is COc1ccc(CN2C(=O)c3ccc(C(=O)Nc4c(C#N)cnn4-c4ccccn4)cc3C2=O)cc1. The summed E-state index contributed by atoms with van der Waals surface area (Å²) in [6.07, 6.45) is 2.89. The van der Waals surface area contributed by atoms with E-state index in [0.717, 1.165) is 10.5 Å². The maximum atomic E-state index is 13.1. The molecule has 2 aromatic heterocycles. The lowest BCUT2D eigenvalue weighted by atomic mass is 10.1. The predicted molar refractivity (Wildman–Crippen MR) is 128 cm³/mol. The molecule has 0 aliphatic carbocycles. The van der Waals surface area contributed by atoms with Crippen LogP contribution < -0.4 is 10.1 Å². The Labute approximate surface area is 205 Å². The fourth-order valence-electron chi connectivity index (χ4n) is 3.87. The van der Waals surface area contributed by atoms with Crippen LogP contribution in [0.5, 0.6) is 5.75 Å². The topological polar surface area (TPSA) is 130 Å². The van der Waals surface area contributed by atoms with E-state index in [1.165, 1.54) is 29.1 Å². The standard InChI is InChI=1S/C26H18N6O4/c1-36-19-8-5-16(6-9-19)15-31-25(34)20-10-7-17(12-21(20)26(31)35)24(33)30-23-18(13-27)14-29-32(23)22-4-2-3-11-28-22/h2-12,14H,15H2,1H3,(H,30,33). The van der Waals surface area contributed by atoms with E-state index in [-0.39, 0.29) is 34.6 Å². The van der Waals surface area contributed by atoms with Crippen molar-refractivity contribution in [2.75, 3.05) is 12.4 Å². The molecular weight excluding hydrogens is 460 g/mol. The van der Waals surface area contributed by atoms with Crippen LogP contribution in [0.2, 0.25) is 0 Å². The molecule has 3 heterocycles. The summed E-state index contributed by atoms with van der Waals surface area (Å²) >= 11 is 0. The third-order valence-electron chi connectivity index (χ3n) is 5.72. The maximum absolute atomic E-state index is 13.1. The van der Waals surface area contributed by atoms with Crippen LogP contribution in [-0.2, 0) is 6.54 Å². The Hall–Kier alpha value is -5.30. The van der Waals surface area contributed by atoms with Gasteiger partial charge in [-0.2, -0.15) is 15.0 Å². The van der Waals surface area contributed by atoms with Crippen molar-refractivity contribution in [3.05, 3.63) is 101 Å². The Morgan fingerprint density at radius 3 is 2.53 bits per heavy atom. The highest BCUT2D eigenvalue weighted by Gasteiger charge is 2.36. The number of nitrogens with zero attached hydrogens (tertiary/aromatic N) is 5. The molecule has 1 N–H and O–H groups in total. The van der Waals surface area contributed by atoms with E-state index in [0.29, 0.717) is 11.6 Å². The minimum absolute atomic E-state index is 0.0899. The van der Waals surface area contributed by atoms with Gasteiger partial charge >= 0.3 is 0 Å². The predicted octanol–water partition coefficient (Wildman–Crippen LogP) is 3.20. The van der Waals surface area contributed by atoms with Gasteiger partial charge in [0, 0.05) is 11.8 Å². The van der Waals surface area contributed by atoms with Crippen LogP contribution in [0.15, 0.2) is 73.1 Å². The minimum Gasteiger partial charge on any atom is -0.497 e. The van der Waals surface area contributed by atoms with Crippen molar-refractivity contribution in [3.8, 4) is 17.6 Å². The third-order valence-corrected chi connectivity index (χ3v) is 5.72. The van der Waals surface area contributed by atoms with Crippen molar-refractivity contribution in [1.29, 1.82) is 5.26 Å². The number of benzene rings is 2. The number of nitriles is 1. The minimum atomic E-state index is -0.569. The molecule has 0 atom stereocenters. The molecule has 1 aliphatic rings. The lowest BCUT2D eigenvalue weighted by Crippen LogP contribution is -2.29.